The van der Waals surface area contributed by atoms with Gasteiger partial charge in [0.2, 0.25) is 0 Å². The summed E-state index contributed by atoms with van der Waals surface area (Å²) in [6, 6.07) is 4.34. The molecule has 78 valence electrons. The summed E-state index contributed by atoms with van der Waals surface area (Å²) in [6.45, 7) is 0. The molecule has 0 aromatic heterocycles. The van der Waals surface area contributed by atoms with Crippen molar-refractivity contribution in [2.75, 3.05) is 0 Å². The lowest BCUT2D eigenvalue weighted by atomic mass is 10.0. The van der Waals surface area contributed by atoms with Gasteiger partial charge in [-0.2, -0.15) is 0 Å². The van der Waals surface area contributed by atoms with Gasteiger partial charge in [0.05, 0.1) is 12.7 Å². The predicted octanol–water partition coefficient (Wildman–Crippen LogP) is 3.13. The lowest BCUT2D eigenvalue weighted by molar-refractivity contribution is -0.118. The quantitative estimate of drug-likeness (QED) is 0.784. The maximum atomic E-state index is 13.0. The van der Waals surface area contributed by atoms with Crippen LogP contribution in [0.2, 0.25) is 0 Å². The number of rotatable bonds is 1. The Kier molecular flexibility index (Phi) is 2.86. The SMILES string of the molecule is O=C1C=COC(c2cc(F)ccc2Br)C1. The van der Waals surface area contributed by atoms with Crippen LogP contribution in [-0.2, 0) is 9.53 Å². The molecular formula is C11H8BrFO2. The molecule has 0 fully saturated rings. The van der Waals surface area contributed by atoms with E-state index in [1.807, 2.05) is 0 Å². The van der Waals surface area contributed by atoms with Crippen molar-refractivity contribution >= 4 is 21.7 Å². The first-order chi connectivity index (χ1) is 7.16. The zero-order chi connectivity index (χ0) is 10.8. The molecule has 1 unspecified atom stereocenters. The molecule has 0 saturated heterocycles. The Labute approximate surface area is 94.9 Å². The highest BCUT2D eigenvalue weighted by atomic mass is 79.9. The first-order valence-electron chi connectivity index (χ1n) is 4.46. The first-order valence-corrected chi connectivity index (χ1v) is 5.26. The predicted molar refractivity (Wildman–Crippen MR) is 56.7 cm³/mol. The van der Waals surface area contributed by atoms with Gasteiger partial charge in [0.25, 0.3) is 0 Å². The molecule has 2 rings (SSSR count). The number of carbonyl (C=O) groups excluding carboxylic acids is 1. The Morgan fingerprint density at radius 2 is 2.27 bits per heavy atom. The highest BCUT2D eigenvalue weighted by Gasteiger charge is 2.21. The van der Waals surface area contributed by atoms with E-state index in [0.29, 0.717) is 5.56 Å². The molecule has 0 amide bonds. The zero-order valence-electron chi connectivity index (χ0n) is 7.74. The van der Waals surface area contributed by atoms with Crippen molar-refractivity contribution < 1.29 is 13.9 Å². The highest BCUT2D eigenvalue weighted by molar-refractivity contribution is 9.10. The zero-order valence-corrected chi connectivity index (χ0v) is 9.33. The monoisotopic (exact) mass is 270 g/mol. The van der Waals surface area contributed by atoms with Crippen LogP contribution in [0.4, 0.5) is 4.39 Å². The lowest BCUT2D eigenvalue weighted by Gasteiger charge is -2.20. The lowest BCUT2D eigenvalue weighted by Crippen LogP contribution is -2.11. The first kappa shape index (κ1) is 10.4. The number of benzene rings is 1. The van der Waals surface area contributed by atoms with Crippen LogP contribution in [0.15, 0.2) is 35.0 Å². The molecule has 1 aromatic carbocycles. The van der Waals surface area contributed by atoms with E-state index >= 15 is 0 Å². The maximum Gasteiger partial charge on any atom is 0.162 e. The number of halogens is 2. The fourth-order valence-electron chi connectivity index (χ4n) is 1.45. The summed E-state index contributed by atoms with van der Waals surface area (Å²) in [7, 11) is 0. The molecule has 1 atom stereocenters. The molecule has 1 heterocycles. The van der Waals surface area contributed by atoms with Gasteiger partial charge in [0.1, 0.15) is 11.9 Å². The smallest absolute Gasteiger partial charge is 0.162 e. The van der Waals surface area contributed by atoms with E-state index in [1.165, 1.54) is 24.5 Å². The molecule has 15 heavy (non-hydrogen) atoms. The largest absolute Gasteiger partial charge is 0.493 e. The number of allylic oxidation sites excluding steroid dienone is 1. The fraction of sp³-hybridized carbons (Fsp3) is 0.182. The van der Waals surface area contributed by atoms with Crippen molar-refractivity contribution in [3.05, 3.63) is 46.4 Å². The van der Waals surface area contributed by atoms with Crippen molar-refractivity contribution in [1.29, 1.82) is 0 Å². The Balaban J connectivity index is 2.33. The van der Waals surface area contributed by atoms with Gasteiger partial charge in [-0.3, -0.25) is 4.79 Å². The number of ketones is 1. The van der Waals surface area contributed by atoms with Gasteiger partial charge in [-0.05, 0) is 18.2 Å². The molecule has 1 aliphatic rings. The summed E-state index contributed by atoms with van der Waals surface area (Å²) in [6.07, 6.45) is 2.59. The van der Waals surface area contributed by atoms with Gasteiger partial charge in [-0.1, -0.05) is 15.9 Å². The van der Waals surface area contributed by atoms with E-state index in [9.17, 15) is 9.18 Å². The van der Waals surface area contributed by atoms with Crippen LogP contribution >= 0.6 is 15.9 Å². The summed E-state index contributed by atoms with van der Waals surface area (Å²) in [5, 5.41) is 0. The molecule has 2 nitrogen and oxygen atoms in total. The Hall–Kier alpha value is -1.16. The molecule has 1 aliphatic heterocycles. The molecule has 0 spiro atoms. The molecule has 0 N–H and O–H groups in total. The number of hydrogen-bond donors (Lipinski definition) is 0. The molecule has 4 heteroatoms. The van der Waals surface area contributed by atoms with Crippen molar-refractivity contribution in [2.45, 2.75) is 12.5 Å². The van der Waals surface area contributed by atoms with Crippen molar-refractivity contribution in [2.24, 2.45) is 0 Å². The highest BCUT2D eigenvalue weighted by Crippen LogP contribution is 2.31. The third-order valence-electron chi connectivity index (χ3n) is 2.19. The minimum atomic E-state index is -0.396. The summed E-state index contributed by atoms with van der Waals surface area (Å²) in [5.74, 6) is -0.346. The second-order valence-electron chi connectivity index (χ2n) is 3.26. The summed E-state index contributed by atoms with van der Waals surface area (Å²) in [4.78, 5) is 11.2. The summed E-state index contributed by atoms with van der Waals surface area (Å²) in [5.41, 5.74) is 0.660. The van der Waals surface area contributed by atoms with Crippen LogP contribution < -0.4 is 0 Å². The van der Waals surface area contributed by atoms with Crippen LogP contribution in [-0.4, -0.2) is 5.78 Å². The van der Waals surface area contributed by atoms with Crippen LogP contribution in [0.3, 0.4) is 0 Å². The normalized spacial score (nSPS) is 20.1. The topological polar surface area (TPSA) is 26.3 Å². The number of carbonyl (C=O) groups is 1. The second-order valence-corrected chi connectivity index (χ2v) is 4.12. The molecule has 0 aliphatic carbocycles. The average Bonchev–Trinajstić information content (AvgIpc) is 2.22. The van der Waals surface area contributed by atoms with E-state index < -0.39 is 6.10 Å². The third-order valence-corrected chi connectivity index (χ3v) is 2.91. The van der Waals surface area contributed by atoms with Gasteiger partial charge in [0, 0.05) is 16.1 Å². The standard InChI is InChI=1S/C11H8BrFO2/c12-10-2-1-7(13)5-9(10)11-6-8(14)3-4-15-11/h1-5,11H,6H2. The molecule has 0 radical (unpaired) electrons. The second kappa shape index (κ2) is 4.14. The van der Waals surface area contributed by atoms with E-state index in [0.717, 1.165) is 4.47 Å². The van der Waals surface area contributed by atoms with Crippen LogP contribution in [0.1, 0.15) is 18.1 Å². The fourth-order valence-corrected chi connectivity index (χ4v) is 1.96. The Bertz CT molecular complexity index is 429. The summed E-state index contributed by atoms with van der Waals surface area (Å²) >= 11 is 3.30. The van der Waals surface area contributed by atoms with Crippen molar-refractivity contribution in [1.82, 2.24) is 0 Å². The molecule has 0 saturated carbocycles. The van der Waals surface area contributed by atoms with E-state index in [2.05, 4.69) is 15.9 Å². The molecule has 1 aromatic rings. The number of hydrogen-bond acceptors (Lipinski definition) is 2. The summed E-state index contributed by atoms with van der Waals surface area (Å²) < 4.78 is 19.0. The Morgan fingerprint density at radius 1 is 1.47 bits per heavy atom. The van der Waals surface area contributed by atoms with Gasteiger partial charge >= 0.3 is 0 Å². The van der Waals surface area contributed by atoms with Gasteiger partial charge in [-0.15, -0.1) is 0 Å². The molecular weight excluding hydrogens is 263 g/mol. The van der Waals surface area contributed by atoms with E-state index in [-0.39, 0.29) is 18.0 Å². The van der Waals surface area contributed by atoms with Gasteiger partial charge in [-0.25, -0.2) is 4.39 Å². The van der Waals surface area contributed by atoms with Crippen molar-refractivity contribution in [3.63, 3.8) is 0 Å². The third kappa shape index (κ3) is 2.26. The van der Waals surface area contributed by atoms with Crippen LogP contribution in [0.25, 0.3) is 0 Å². The molecule has 0 bridgehead atoms. The van der Waals surface area contributed by atoms with Crippen molar-refractivity contribution in [3.8, 4) is 0 Å². The Morgan fingerprint density at radius 3 is 3.00 bits per heavy atom. The maximum absolute atomic E-state index is 13.0. The average molecular weight is 271 g/mol. The van der Waals surface area contributed by atoms with Gasteiger partial charge in [0.15, 0.2) is 5.78 Å². The van der Waals surface area contributed by atoms with Gasteiger partial charge < -0.3 is 4.74 Å². The van der Waals surface area contributed by atoms with E-state index in [1.54, 1.807) is 6.07 Å². The van der Waals surface area contributed by atoms with E-state index in [4.69, 9.17) is 4.74 Å². The van der Waals surface area contributed by atoms with Crippen LogP contribution in [0, 0.1) is 5.82 Å². The number of ether oxygens (including phenoxy) is 1. The minimum Gasteiger partial charge on any atom is -0.493 e. The minimum absolute atomic E-state index is 0.0117. The van der Waals surface area contributed by atoms with Crippen LogP contribution in [0.5, 0.6) is 0 Å².